The second-order valence-electron chi connectivity index (χ2n) is 7.15. The highest BCUT2D eigenvalue weighted by atomic mass is 16.5. The third-order valence-corrected chi connectivity index (χ3v) is 5.01. The minimum Gasteiger partial charge on any atom is -0.487 e. The van der Waals surface area contributed by atoms with Crippen molar-refractivity contribution in [2.45, 2.75) is 6.61 Å². The van der Waals surface area contributed by atoms with Crippen molar-refractivity contribution >= 4 is 34.4 Å². The molecule has 0 saturated carbocycles. The largest absolute Gasteiger partial charge is 0.487 e. The predicted molar refractivity (Wildman–Crippen MR) is 128 cm³/mol. The summed E-state index contributed by atoms with van der Waals surface area (Å²) < 4.78 is 5.88. The molecule has 33 heavy (non-hydrogen) atoms. The molecule has 0 aliphatic rings. The van der Waals surface area contributed by atoms with E-state index in [0.29, 0.717) is 28.2 Å². The van der Waals surface area contributed by atoms with Gasteiger partial charge in [-0.05, 0) is 65.7 Å². The Balaban J connectivity index is 1.57. The summed E-state index contributed by atoms with van der Waals surface area (Å²) in [6, 6.07) is 16.3. The monoisotopic (exact) mass is 438 g/mol. The zero-order valence-electron chi connectivity index (χ0n) is 18.0. The van der Waals surface area contributed by atoms with Gasteiger partial charge in [-0.25, -0.2) is 4.98 Å². The molecule has 8 heteroatoms. The van der Waals surface area contributed by atoms with Crippen LogP contribution in [-0.4, -0.2) is 34.1 Å². The molecule has 4 aromatic rings. The highest BCUT2D eigenvalue weighted by Gasteiger charge is 2.13. The topological polar surface area (TPSA) is 129 Å². The van der Waals surface area contributed by atoms with Crippen molar-refractivity contribution in [3.8, 4) is 5.75 Å². The molecule has 0 radical (unpaired) electrons. The third kappa shape index (κ3) is 4.85. The molecule has 3 aromatic heterocycles. The zero-order chi connectivity index (χ0) is 23.2. The van der Waals surface area contributed by atoms with Crippen molar-refractivity contribution in [2.75, 3.05) is 7.05 Å². The van der Waals surface area contributed by atoms with E-state index in [0.717, 1.165) is 16.7 Å². The average Bonchev–Trinajstić information content (AvgIpc) is 2.86. The predicted octanol–water partition coefficient (Wildman–Crippen LogP) is 3.23. The molecule has 0 fully saturated rings. The first-order valence-electron chi connectivity index (χ1n) is 10.2. The van der Waals surface area contributed by atoms with Crippen LogP contribution in [-0.2, 0) is 6.61 Å². The first-order valence-corrected chi connectivity index (χ1v) is 10.2. The summed E-state index contributed by atoms with van der Waals surface area (Å²) in [6.07, 6.45) is 6.78. The first-order chi connectivity index (χ1) is 16.1. The highest BCUT2D eigenvalue weighted by molar-refractivity contribution is 6.18. The van der Waals surface area contributed by atoms with Crippen molar-refractivity contribution < 1.29 is 9.53 Å². The summed E-state index contributed by atoms with van der Waals surface area (Å²) in [4.78, 5) is 28.8. The Morgan fingerprint density at radius 2 is 1.76 bits per heavy atom. The summed E-state index contributed by atoms with van der Waals surface area (Å²) in [6.45, 7) is 0.0819. The number of aliphatic imine (C=N–C) groups is 1. The van der Waals surface area contributed by atoms with Gasteiger partial charge in [-0.2, -0.15) is 0 Å². The maximum absolute atomic E-state index is 11.9. The smallest absolute Gasteiger partial charge is 0.250 e. The molecule has 4 rings (SSSR count). The number of nitrogens with two attached hydrogens (primary N) is 2. The van der Waals surface area contributed by atoms with Gasteiger partial charge >= 0.3 is 0 Å². The Morgan fingerprint density at radius 1 is 1.00 bits per heavy atom. The molecule has 0 atom stereocenters. The minimum atomic E-state index is -0.580. The van der Waals surface area contributed by atoms with Gasteiger partial charge in [-0.3, -0.25) is 19.8 Å². The summed E-state index contributed by atoms with van der Waals surface area (Å²) in [5, 5.41) is 0. The van der Waals surface area contributed by atoms with Gasteiger partial charge in [0.2, 0.25) is 0 Å². The molecule has 0 saturated heterocycles. The molecule has 0 bridgehead atoms. The fourth-order valence-corrected chi connectivity index (χ4v) is 3.36. The quantitative estimate of drug-likeness (QED) is 0.426. The lowest BCUT2D eigenvalue weighted by molar-refractivity contribution is 0.0997. The van der Waals surface area contributed by atoms with Crippen LogP contribution in [0.25, 0.3) is 22.3 Å². The van der Waals surface area contributed by atoms with E-state index in [1.807, 2.05) is 42.5 Å². The van der Waals surface area contributed by atoms with Crippen LogP contribution in [0.1, 0.15) is 27.2 Å². The fraction of sp³-hybridized carbons (Fsp3) is 0.0800. The number of nitrogens with zero attached hydrogens (tertiary/aromatic N) is 4. The molecule has 3 heterocycles. The molecular formula is C25H22N6O2. The van der Waals surface area contributed by atoms with Crippen molar-refractivity contribution in [3.05, 3.63) is 95.6 Å². The van der Waals surface area contributed by atoms with Gasteiger partial charge in [-0.15, -0.1) is 0 Å². The van der Waals surface area contributed by atoms with E-state index in [2.05, 4.69) is 19.9 Å². The van der Waals surface area contributed by atoms with Gasteiger partial charge in [0.05, 0.1) is 22.3 Å². The van der Waals surface area contributed by atoms with Gasteiger partial charge in [0, 0.05) is 43.1 Å². The van der Waals surface area contributed by atoms with Crippen LogP contribution in [0.4, 0.5) is 0 Å². The van der Waals surface area contributed by atoms with Crippen LogP contribution >= 0.6 is 0 Å². The summed E-state index contributed by atoms with van der Waals surface area (Å²) in [7, 11) is 1.70. The van der Waals surface area contributed by atoms with E-state index >= 15 is 0 Å². The Labute approximate surface area is 190 Å². The Morgan fingerprint density at radius 3 is 2.45 bits per heavy atom. The molecule has 1 amide bonds. The number of carbonyl (C=O) groups excluding carboxylic acids is 1. The maximum Gasteiger partial charge on any atom is 0.250 e. The third-order valence-electron chi connectivity index (χ3n) is 5.01. The normalized spacial score (nSPS) is 12.0. The lowest BCUT2D eigenvalue weighted by Gasteiger charge is -2.12. The number of allylic oxidation sites excluding steroid dienone is 1. The van der Waals surface area contributed by atoms with Gasteiger partial charge in [0.15, 0.2) is 0 Å². The van der Waals surface area contributed by atoms with E-state index in [1.54, 1.807) is 44.0 Å². The van der Waals surface area contributed by atoms with E-state index in [-0.39, 0.29) is 12.2 Å². The number of pyridine rings is 3. The van der Waals surface area contributed by atoms with E-state index < -0.39 is 5.91 Å². The lowest BCUT2D eigenvalue weighted by Crippen LogP contribution is -2.16. The number of fused-ring (bicyclic) bond motifs is 1. The first kappa shape index (κ1) is 21.6. The van der Waals surface area contributed by atoms with E-state index in [4.69, 9.17) is 16.2 Å². The fourth-order valence-electron chi connectivity index (χ4n) is 3.36. The molecule has 4 N–H and O–H groups in total. The molecular weight excluding hydrogens is 416 g/mol. The zero-order valence-corrected chi connectivity index (χ0v) is 18.0. The van der Waals surface area contributed by atoms with Gasteiger partial charge in [0.25, 0.3) is 5.91 Å². The maximum atomic E-state index is 11.9. The summed E-state index contributed by atoms with van der Waals surface area (Å²) in [5.41, 5.74) is 17.1. The number of hydrogen-bond acceptors (Lipinski definition) is 7. The van der Waals surface area contributed by atoms with Gasteiger partial charge < -0.3 is 16.2 Å². The molecule has 164 valence electrons. The molecule has 8 nitrogen and oxygen atoms in total. The number of benzene rings is 1. The number of hydrogen-bond donors (Lipinski definition) is 2. The molecule has 1 aromatic carbocycles. The average molecular weight is 438 g/mol. The number of amides is 1. The van der Waals surface area contributed by atoms with Crippen molar-refractivity contribution in [1.29, 1.82) is 0 Å². The number of carbonyl (C=O) groups is 1. The SMILES string of the molecule is CN=C/C(=C(\N)c1ccc(OCc2nc3cccnc3cc2C(N)=O)cc1)c1ccncc1. The minimum absolute atomic E-state index is 0.0819. The molecule has 0 spiro atoms. The van der Waals surface area contributed by atoms with E-state index in [1.165, 1.54) is 0 Å². The van der Waals surface area contributed by atoms with Crippen molar-refractivity contribution in [2.24, 2.45) is 16.5 Å². The van der Waals surface area contributed by atoms with Crippen LogP contribution in [0, 0.1) is 0 Å². The second kappa shape index (κ2) is 9.69. The summed E-state index contributed by atoms with van der Waals surface area (Å²) >= 11 is 0. The van der Waals surface area contributed by atoms with Crippen LogP contribution in [0.2, 0.25) is 0 Å². The summed E-state index contributed by atoms with van der Waals surface area (Å²) in [5.74, 6) is 0.0211. The molecule has 0 unspecified atom stereocenters. The van der Waals surface area contributed by atoms with Crippen LogP contribution < -0.4 is 16.2 Å². The van der Waals surface area contributed by atoms with E-state index in [9.17, 15) is 4.79 Å². The van der Waals surface area contributed by atoms with Gasteiger partial charge in [-0.1, -0.05) is 0 Å². The lowest BCUT2D eigenvalue weighted by atomic mass is 10.0. The second-order valence-corrected chi connectivity index (χ2v) is 7.15. The molecule has 0 aliphatic heterocycles. The van der Waals surface area contributed by atoms with Crippen LogP contribution in [0.15, 0.2) is 78.2 Å². The Bertz CT molecular complexity index is 1350. The van der Waals surface area contributed by atoms with Crippen molar-refractivity contribution in [1.82, 2.24) is 15.0 Å². The Hall–Kier alpha value is -4.59. The number of aromatic nitrogens is 3. The van der Waals surface area contributed by atoms with Crippen molar-refractivity contribution in [3.63, 3.8) is 0 Å². The molecule has 0 aliphatic carbocycles. The van der Waals surface area contributed by atoms with Gasteiger partial charge in [0.1, 0.15) is 12.4 Å². The number of rotatable bonds is 7. The van der Waals surface area contributed by atoms with Crippen LogP contribution in [0.5, 0.6) is 5.75 Å². The number of ether oxygens (including phenoxy) is 1. The highest BCUT2D eigenvalue weighted by Crippen LogP contribution is 2.24. The Kier molecular flexibility index (Phi) is 6.36. The standard InChI is InChI=1S/C25H22N6O2/c1-28-14-20(16-8-11-29-12-9-16)24(26)17-4-6-18(7-5-17)33-15-23-19(25(27)32)13-22-21(31-23)3-2-10-30-22/h2-14H,15,26H2,1H3,(H2,27,32)/b24-20+,28-14?. The van der Waals surface area contributed by atoms with Crippen LogP contribution in [0.3, 0.4) is 0 Å². The number of primary amides is 1.